The van der Waals surface area contributed by atoms with Crippen LogP contribution in [0, 0.1) is 23.2 Å². The summed E-state index contributed by atoms with van der Waals surface area (Å²) in [6.07, 6.45) is -7.54. The first-order valence-corrected chi connectivity index (χ1v) is 17.1. The predicted octanol–water partition coefficient (Wildman–Crippen LogP) is 1.56. The van der Waals surface area contributed by atoms with Crippen LogP contribution in [0.1, 0.15) is 84.3 Å². The second-order valence-corrected chi connectivity index (χ2v) is 14.3. The third-order valence-corrected chi connectivity index (χ3v) is 10.9. The third-order valence-electron chi connectivity index (χ3n) is 10.9. The van der Waals surface area contributed by atoms with Gasteiger partial charge in [0.2, 0.25) is 0 Å². The number of hydrogen-bond acceptors (Lipinski definition) is 17. The van der Waals surface area contributed by atoms with E-state index in [1.807, 2.05) is 0 Å². The molecule has 53 heavy (non-hydrogen) atoms. The predicted molar refractivity (Wildman–Crippen MR) is 173 cm³/mol. The van der Waals surface area contributed by atoms with E-state index < -0.39 is 132 Å². The average molecular weight is 746 g/mol. The number of carbonyl (C=O) groups excluding carboxylic acids is 8. The van der Waals surface area contributed by atoms with Crippen molar-refractivity contribution in [3.8, 4) is 0 Å². The van der Waals surface area contributed by atoms with Gasteiger partial charge in [0.15, 0.2) is 24.1 Å². The van der Waals surface area contributed by atoms with Crippen LogP contribution >= 0.6 is 0 Å². The van der Waals surface area contributed by atoms with Crippen LogP contribution in [0.25, 0.3) is 0 Å². The summed E-state index contributed by atoms with van der Waals surface area (Å²) in [5, 5.41) is 0. The number of cyclic esters (lactones) is 1. The molecule has 2 aliphatic heterocycles. The Labute approximate surface area is 304 Å². The van der Waals surface area contributed by atoms with Gasteiger partial charge in [-0.2, -0.15) is 0 Å². The van der Waals surface area contributed by atoms with Gasteiger partial charge in [-0.25, -0.2) is 4.79 Å². The van der Waals surface area contributed by atoms with E-state index in [1.165, 1.54) is 39.1 Å². The number of aromatic nitrogens is 1. The molecule has 5 rings (SSSR count). The van der Waals surface area contributed by atoms with E-state index in [2.05, 4.69) is 4.98 Å². The number of ketones is 1. The van der Waals surface area contributed by atoms with Gasteiger partial charge < -0.3 is 37.9 Å². The molecular formula is C36H43NO16. The third kappa shape index (κ3) is 6.31. The molecule has 2 aliphatic carbocycles. The summed E-state index contributed by atoms with van der Waals surface area (Å²) in [7, 11) is 0. The van der Waals surface area contributed by atoms with Crippen molar-refractivity contribution in [2.75, 3.05) is 13.2 Å². The van der Waals surface area contributed by atoms with Gasteiger partial charge in [0.1, 0.15) is 42.0 Å². The maximum absolute atomic E-state index is 15.0. The monoisotopic (exact) mass is 745 g/mol. The maximum Gasteiger partial charge on any atom is 0.340 e. The molecule has 0 unspecified atom stereocenters. The molecule has 2 saturated carbocycles. The van der Waals surface area contributed by atoms with Crippen molar-refractivity contribution >= 4 is 47.6 Å². The molecule has 17 nitrogen and oxygen atoms in total. The van der Waals surface area contributed by atoms with Crippen molar-refractivity contribution < 1.29 is 76.3 Å². The molecule has 288 valence electrons. The molecule has 1 aromatic heterocycles. The summed E-state index contributed by atoms with van der Waals surface area (Å²) in [5.41, 5.74) is -6.33. The zero-order chi connectivity index (χ0) is 39.4. The molecule has 3 heterocycles. The van der Waals surface area contributed by atoms with Crippen LogP contribution in [-0.2, 0) is 71.5 Å². The van der Waals surface area contributed by atoms with Gasteiger partial charge in [0.05, 0.1) is 23.1 Å². The number of rotatable bonds is 6. The van der Waals surface area contributed by atoms with E-state index >= 15 is 4.79 Å². The summed E-state index contributed by atoms with van der Waals surface area (Å²) >= 11 is 0. The van der Waals surface area contributed by atoms with Crippen molar-refractivity contribution in [2.45, 2.75) is 110 Å². The van der Waals surface area contributed by atoms with Gasteiger partial charge >= 0.3 is 41.8 Å². The quantitative estimate of drug-likeness (QED) is 0.298. The Morgan fingerprint density at radius 1 is 0.830 bits per heavy atom. The lowest BCUT2D eigenvalue weighted by Crippen LogP contribution is -2.83. The highest BCUT2D eigenvalue weighted by Crippen LogP contribution is 2.67. The lowest BCUT2D eigenvalue weighted by molar-refractivity contribution is -0.336. The zero-order valence-electron chi connectivity index (χ0n) is 30.8. The van der Waals surface area contributed by atoms with E-state index in [1.54, 1.807) is 6.92 Å². The second-order valence-electron chi connectivity index (χ2n) is 14.3. The molecule has 0 radical (unpaired) electrons. The van der Waals surface area contributed by atoms with Crippen LogP contribution in [-0.4, -0.2) is 107 Å². The van der Waals surface area contributed by atoms with E-state index in [-0.39, 0.29) is 11.3 Å². The molecule has 3 fully saturated rings. The topological polar surface area (TPSA) is 223 Å². The second kappa shape index (κ2) is 14.1. The average Bonchev–Trinajstić information content (AvgIpc) is 3.29. The fourth-order valence-corrected chi connectivity index (χ4v) is 8.69. The number of fused-ring (bicyclic) bond motifs is 5. The van der Waals surface area contributed by atoms with Crippen molar-refractivity contribution in [3.05, 3.63) is 29.6 Å². The van der Waals surface area contributed by atoms with Crippen LogP contribution in [0.4, 0.5) is 0 Å². The molecule has 0 N–H and O–H groups in total. The van der Waals surface area contributed by atoms with Crippen molar-refractivity contribution in [3.63, 3.8) is 0 Å². The summed E-state index contributed by atoms with van der Waals surface area (Å²) in [5.74, 6) is -12.1. The first kappa shape index (κ1) is 39.3. The Morgan fingerprint density at radius 2 is 1.43 bits per heavy atom. The fourth-order valence-electron chi connectivity index (χ4n) is 8.69. The van der Waals surface area contributed by atoms with Crippen molar-refractivity contribution in [1.82, 2.24) is 4.98 Å². The van der Waals surface area contributed by atoms with Gasteiger partial charge in [-0.3, -0.25) is 38.5 Å². The number of hydrogen-bond donors (Lipinski definition) is 0. The molecule has 4 aliphatic rings. The Hall–Kier alpha value is -4.93. The molecular weight excluding hydrogens is 702 g/mol. The van der Waals surface area contributed by atoms with Crippen molar-refractivity contribution in [2.24, 2.45) is 23.2 Å². The smallest absolute Gasteiger partial charge is 0.340 e. The number of pyridine rings is 1. The maximum atomic E-state index is 15.0. The van der Waals surface area contributed by atoms with Crippen LogP contribution in [0.15, 0.2) is 18.3 Å². The number of nitrogens with zero attached hydrogens (tertiary/aromatic N) is 1. The molecule has 4 bridgehead atoms. The molecule has 1 aromatic rings. The van der Waals surface area contributed by atoms with Crippen LogP contribution < -0.4 is 0 Å². The zero-order valence-corrected chi connectivity index (χ0v) is 30.8. The van der Waals surface area contributed by atoms with E-state index in [0.717, 1.165) is 34.6 Å². The SMILES string of the molecule is CC(=O)OC[C@]12[C@H](OC(C)=O)C(=O)[C@@H]3[C@@H](OC(C)=O)[C@@]14O[C@]3(C)COC(=O)c1cccnc1[C@H](C)[C@@H](C)C(=O)O[C@H]([C@@H](OC(C)=O)[C@@H]2OC(C)=O)[C@@H]4C. The first-order chi connectivity index (χ1) is 24.7. The number of ether oxygens (including phenoxy) is 8. The standard InChI is InChI=1S/C36H43NO16/c1-15-16(2)32(44)52-27-17(3)36-29(49-20(6)40)24(34(9,53-36)13-47-33(45)23-11-10-12-37-25(15)23)26(43)30(50-21(7)41)35(36,14-46-18(4)38)31(51-22(8)42)28(27)48-19(5)39/h10-12,15-17,24,27-31H,13-14H2,1-9H3/t15-,16-,17+,24-,27+,28-,29-,30-,31+,34-,35-,36-/m1/s1. The van der Waals surface area contributed by atoms with Crippen molar-refractivity contribution in [1.29, 1.82) is 0 Å². The van der Waals surface area contributed by atoms with Crippen LogP contribution in [0.5, 0.6) is 0 Å². The van der Waals surface area contributed by atoms with Gasteiger partial charge in [0, 0.05) is 52.7 Å². The van der Waals surface area contributed by atoms with Gasteiger partial charge in [-0.1, -0.05) is 20.8 Å². The molecule has 17 heteroatoms. The minimum atomic E-state index is -2.37. The lowest BCUT2D eigenvalue weighted by Gasteiger charge is -2.64. The van der Waals surface area contributed by atoms with Gasteiger partial charge in [-0.15, -0.1) is 0 Å². The number of carbonyl (C=O) groups is 8. The van der Waals surface area contributed by atoms with Gasteiger partial charge in [-0.05, 0) is 19.1 Å². The minimum Gasteiger partial charge on any atom is -0.465 e. The normalized spacial score (nSPS) is 37.5. The first-order valence-electron chi connectivity index (χ1n) is 17.1. The molecule has 0 amide bonds. The van der Waals surface area contributed by atoms with Crippen LogP contribution in [0.3, 0.4) is 0 Å². The van der Waals surface area contributed by atoms with Gasteiger partial charge in [0.25, 0.3) is 0 Å². The highest BCUT2D eigenvalue weighted by Gasteiger charge is 2.88. The fraction of sp³-hybridized carbons (Fsp3) is 0.639. The highest BCUT2D eigenvalue weighted by molar-refractivity contribution is 5.94. The summed E-state index contributed by atoms with van der Waals surface area (Å²) < 4.78 is 48.0. The summed E-state index contributed by atoms with van der Waals surface area (Å²) in [6, 6.07) is 2.95. The summed E-state index contributed by atoms with van der Waals surface area (Å²) in [6.45, 7) is 9.69. The molecule has 1 saturated heterocycles. The Balaban J connectivity index is 1.93. The lowest BCUT2D eigenvalue weighted by atomic mass is 9.46. The minimum absolute atomic E-state index is 0.00516. The largest absolute Gasteiger partial charge is 0.465 e. The Bertz CT molecular complexity index is 1740. The summed E-state index contributed by atoms with van der Waals surface area (Å²) in [4.78, 5) is 112. The highest BCUT2D eigenvalue weighted by atomic mass is 16.7. The van der Waals surface area contributed by atoms with Crippen LogP contribution in [0.2, 0.25) is 0 Å². The Kier molecular flexibility index (Phi) is 10.5. The molecule has 1 spiro atoms. The number of esters is 7. The van der Waals surface area contributed by atoms with E-state index in [4.69, 9.17) is 37.9 Å². The number of Topliss-reactive ketones (excluding diaryl/α,β-unsaturated/α-hetero) is 1. The molecule has 12 atom stereocenters. The van der Waals surface area contributed by atoms with E-state index in [9.17, 15) is 33.6 Å². The van der Waals surface area contributed by atoms with E-state index in [0.29, 0.717) is 0 Å². The Morgan fingerprint density at radius 3 is 2.02 bits per heavy atom. The molecule has 0 aromatic carbocycles.